The summed E-state index contributed by atoms with van der Waals surface area (Å²) in [5, 5.41) is 7.61. The van der Waals surface area contributed by atoms with Crippen molar-refractivity contribution in [1.82, 2.24) is 25.3 Å². The number of rotatable bonds is 6. The van der Waals surface area contributed by atoms with E-state index in [1.54, 1.807) is 6.20 Å². The highest BCUT2D eigenvalue weighted by Crippen LogP contribution is 2.40. The molecule has 1 aliphatic rings. The Bertz CT molecular complexity index is 1120. The number of carbonyl (C=O) groups excluding carboxylic acids is 2. The van der Waals surface area contributed by atoms with Crippen LogP contribution < -0.4 is 20.7 Å². The molecule has 3 aromatic rings. The number of carbonyl (C=O) groups is 2. The molecule has 10 nitrogen and oxygen atoms in total. The summed E-state index contributed by atoms with van der Waals surface area (Å²) in [4.78, 5) is 41.0. The van der Waals surface area contributed by atoms with Gasteiger partial charge in [0.05, 0.1) is 41.2 Å². The maximum atomic E-state index is 14.3. The molecule has 0 radical (unpaired) electrons. The zero-order valence-corrected chi connectivity index (χ0v) is 16.4. The van der Waals surface area contributed by atoms with Crippen LogP contribution in [-0.4, -0.2) is 39.0 Å². The number of para-hydroxylation sites is 1. The van der Waals surface area contributed by atoms with Crippen LogP contribution in [0.2, 0.25) is 0 Å². The molecule has 2 amide bonds. The third kappa shape index (κ3) is 4.71. The van der Waals surface area contributed by atoms with E-state index in [-0.39, 0.29) is 28.9 Å². The second kappa shape index (κ2) is 8.69. The average molecular weight is 423 g/mol. The predicted molar refractivity (Wildman–Crippen MR) is 109 cm³/mol. The molecular weight excluding hydrogens is 405 g/mol. The predicted octanol–water partition coefficient (Wildman–Crippen LogP) is 3.00. The Morgan fingerprint density at radius 2 is 1.94 bits per heavy atom. The summed E-state index contributed by atoms with van der Waals surface area (Å²) in [7, 11) is 1.40. The van der Waals surface area contributed by atoms with Crippen LogP contribution in [0.3, 0.4) is 0 Å². The van der Waals surface area contributed by atoms with Crippen molar-refractivity contribution in [3.05, 3.63) is 60.2 Å². The summed E-state index contributed by atoms with van der Waals surface area (Å²) in [6, 6.07) is 3.87. The van der Waals surface area contributed by atoms with E-state index in [0.717, 1.165) is 18.9 Å². The zero-order valence-electron chi connectivity index (χ0n) is 16.4. The summed E-state index contributed by atoms with van der Waals surface area (Å²) in [5.41, 5.74) is 0.855. The van der Waals surface area contributed by atoms with Gasteiger partial charge in [0.15, 0.2) is 5.82 Å². The lowest BCUT2D eigenvalue weighted by Gasteiger charge is -2.13. The quantitative estimate of drug-likeness (QED) is 0.551. The minimum absolute atomic E-state index is 0.0444. The third-order valence-corrected chi connectivity index (χ3v) is 4.48. The molecule has 0 atom stereocenters. The number of benzene rings is 1. The molecule has 1 aromatic carbocycles. The highest BCUT2D eigenvalue weighted by Gasteiger charge is 2.27. The number of anilines is 3. The first kappa shape index (κ1) is 20.1. The number of nitrogens with zero attached hydrogens (tertiary/aromatic N) is 4. The van der Waals surface area contributed by atoms with Crippen LogP contribution in [0.4, 0.5) is 26.4 Å². The minimum Gasteiger partial charge on any atom is -0.387 e. The Balaban J connectivity index is 1.59. The molecule has 2 aromatic heterocycles. The molecule has 1 saturated carbocycles. The number of hydrogen-bond acceptors (Lipinski definition) is 8. The van der Waals surface area contributed by atoms with Gasteiger partial charge in [-0.25, -0.2) is 29.1 Å². The highest BCUT2D eigenvalue weighted by molar-refractivity contribution is 6.02. The third-order valence-electron chi connectivity index (χ3n) is 4.48. The van der Waals surface area contributed by atoms with Crippen molar-refractivity contribution in [3.63, 3.8) is 0 Å². The van der Waals surface area contributed by atoms with Gasteiger partial charge >= 0.3 is 6.09 Å². The molecule has 2 heterocycles. The summed E-state index contributed by atoms with van der Waals surface area (Å²) >= 11 is 0. The van der Waals surface area contributed by atoms with Gasteiger partial charge in [-0.15, -0.1) is 0 Å². The van der Waals surface area contributed by atoms with Crippen LogP contribution in [0, 0.1) is 5.82 Å². The summed E-state index contributed by atoms with van der Waals surface area (Å²) < 4.78 is 19.6. The molecule has 0 unspecified atom stereocenters. The molecule has 0 aliphatic heterocycles. The molecule has 1 fully saturated rings. The SMILES string of the molecule is CNC(=O)c1cccc(F)c1NC(=O)Oc1nc(C2CC2)cnc1Nc1cncnc1. The molecule has 0 spiro atoms. The standard InChI is InChI=1S/C20H18FN7O3/c1-22-18(29)13-3-2-4-14(21)16(13)28-20(30)31-19-17(26-12-7-23-10-24-8-12)25-9-15(27-19)11-5-6-11/h2-4,7-11H,5-6H2,1H3,(H,22,29)(H,25,26)(H,28,30). The number of hydrogen-bond donors (Lipinski definition) is 3. The van der Waals surface area contributed by atoms with Gasteiger partial charge in [-0.3, -0.25) is 10.1 Å². The Kier molecular flexibility index (Phi) is 5.65. The van der Waals surface area contributed by atoms with Gasteiger partial charge < -0.3 is 15.4 Å². The van der Waals surface area contributed by atoms with E-state index in [9.17, 15) is 14.0 Å². The fraction of sp³-hybridized carbons (Fsp3) is 0.200. The number of ether oxygens (including phenoxy) is 1. The second-order valence-electron chi connectivity index (χ2n) is 6.73. The van der Waals surface area contributed by atoms with Crippen LogP contribution in [0.5, 0.6) is 5.88 Å². The lowest BCUT2D eigenvalue weighted by Crippen LogP contribution is -2.24. The van der Waals surface area contributed by atoms with Crippen LogP contribution in [-0.2, 0) is 0 Å². The second-order valence-corrected chi connectivity index (χ2v) is 6.73. The topological polar surface area (TPSA) is 131 Å². The molecule has 0 saturated heterocycles. The van der Waals surface area contributed by atoms with Crippen LogP contribution in [0.25, 0.3) is 0 Å². The van der Waals surface area contributed by atoms with E-state index in [2.05, 4.69) is 35.9 Å². The maximum Gasteiger partial charge on any atom is 0.418 e. The van der Waals surface area contributed by atoms with Crippen molar-refractivity contribution in [3.8, 4) is 5.88 Å². The molecule has 1 aliphatic carbocycles. The van der Waals surface area contributed by atoms with Crippen molar-refractivity contribution in [2.24, 2.45) is 0 Å². The van der Waals surface area contributed by atoms with Crippen LogP contribution >= 0.6 is 0 Å². The molecule has 158 valence electrons. The van der Waals surface area contributed by atoms with E-state index >= 15 is 0 Å². The van der Waals surface area contributed by atoms with Gasteiger partial charge in [0.25, 0.3) is 11.8 Å². The van der Waals surface area contributed by atoms with Gasteiger partial charge in [0, 0.05) is 13.0 Å². The van der Waals surface area contributed by atoms with Crippen molar-refractivity contribution < 1.29 is 18.7 Å². The van der Waals surface area contributed by atoms with Gasteiger partial charge in [0.1, 0.15) is 12.1 Å². The number of halogens is 1. The zero-order chi connectivity index (χ0) is 21.8. The van der Waals surface area contributed by atoms with Gasteiger partial charge in [-0.1, -0.05) is 6.07 Å². The summed E-state index contributed by atoms with van der Waals surface area (Å²) in [5.74, 6) is -1.01. The number of amides is 2. The van der Waals surface area contributed by atoms with Gasteiger partial charge in [0.2, 0.25) is 0 Å². The van der Waals surface area contributed by atoms with Crippen molar-refractivity contribution >= 4 is 29.2 Å². The fourth-order valence-corrected chi connectivity index (χ4v) is 2.81. The first-order valence-electron chi connectivity index (χ1n) is 9.43. The lowest BCUT2D eigenvalue weighted by atomic mass is 10.1. The van der Waals surface area contributed by atoms with Crippen molar-refractivity contribution in [1.29, 1.82) is 0 Å². The van der Waals surface area contributed by atoms with Crippen molar-refractivity contribution in [2.75, 3.05) is 17.7 Å². The average Bonchev–Trinajstić information content (AvgIpc) is 3.62. The molecular formula is C20H18FN7O3. The molecule has 31 heavy (non-hydrogen) atoms. The Hall–Kier alpha value is -4.15. The monoisotopic (exact) mass is 423 g/mol. The first-order chi connectivity index (χ1) is 15.0. The van der Waals surface area contributed by atoms with Crippen LogP contribution in [0.15, 0.2) is 43.1 Å². The van der Waals surface area contributed by atoms with E-state index in [4.69, 9.17) is 4.74 Å². The minimum atomic E-state index is -1.02. The molecule has 4 rings (SSSR count). The maximum absolute atomic E-state index is 14.3. The smallest absolute Gasteiger partial charge is 0.387 e. The summed E-state index contributed by atoms with van der Waals surface area (Å²) in [6.07, 6.45) is 6.94. The lowest BCUT2D eigenvalue weighted by molar-refractivity contribution is 0.0963. The van der Waals surface area contributed by atoms with E-state index in [1.807, 2.05) is 0 Å². The molecule has 0 bridgehead atoms. The Morgan fingerprint density at radius 1 is 1.16 bits per heavy atom. The van der Waals surface area contributed by atoms with Gasteiger partial charge in [-0.05, 0) is 25.0 Å². The van der Waals surface area contributed by atoms with E-state index in [0.29, 0.717) is 11.4 Å². The molecule has 11 heteroatoms. The molecule has 3 N–H and O–H groups in total. The Labute approximate surface area is 176 Å². The van der Waals surface area contributed by atoms with E-state index < -0.39 is 17.8 Å². The first-order valence-corrected chi connectivity index (χ1v) is 9.43. The normalized spacial score (nSPS) is 12.7. The summed E-state index contributed by atoms with van der Waals surface area (Å²) in [6.45, 7) is 0. The van der Waals surface area contributed by atoms with Crippen LogP contribution in [0.1, 0.15) is 34.8 Å². The number of nitrogens with one attached hydrogen (secondary N) is 3. The Morgan fingerprint density at radius 3 is 2.65 bits per heavy atom. The largest absolute Gasteiger partial charge is 0.418 e. The highest BCUT2D eigenvalue weighted by atomic mass is 19.1. The van der Waals surface area contributed by atoms with E-state index in [1.165, 1.54) is 37.9 Å². The number of aromatic nitrogens is 4. The van der Waals surface area contributed by atoms with Crippen molar-refractivity contribution in [2.45, 2.75) is 18.8 Å². The fourth-order valence-electron chi connectivity index (χ4n) is 2.81. The van der Waals surface area contributed by atoms with Gasteiger partial charge in [-0.2, -0.15) is 0 Å².